The number of piperidine rings is 2. The topological polar surface area (TPSA) is 72.9 Å². The van der Waals surface area contributed by atoms with Crippen LogP contribution in [0.25, 0.3) is 0 Å². The molecule has 2 atom stereocenters. The van der Waals surface area contributed by atoms with Crippen LogP contribution in [-0.2, 0) is 14.0 Å². The van der Waals surface area contributed by atoms with Gasteiger partial charge in [-0.1, -0.05) is 6.07 Å². The number of anilines is 1. The van der Waals surface area contributed by atoms with E-state index in [0.717, 1.165) is 43.4 Å². The van der Waals surface area contributed by atoms with Crippen LogP contribution in [0, 0.1) is 5.92 Å². The molecular formula is C25H38BN3O4. The molecule has 1 aromatic heterocycles. The second-order valence-corrected chi connectivity index (χ2v) is 12.6. The first kappa shape index (κ1) is 23.0. The van der Waals surface area contributed by atoms with Crippen molar-refractivity contribution < 1.29 is 18.8 Å². The minimum absolute atomic E-state index is 0.155. The van der Waals surface area contributed by atoms with Gasteiger partial charge in [0, 0.05) is 29.3 Å². The quantitative estimate of drug-likeness (QED) is 0.700. The molecule has 3 aliphatic heterocycles. The predicted molar refractivity (Wildman–Crippen MR) is 129 cm³/mol. The molecule has 2 unspecified atom stereocenters. The summed E-state index contributed by atoms with van der Waals surface area (Å²) in [5.41, 5.74) is -0.419. The molecule has 2 saturated carbocycles. The minimum Gasteiger partial charge on any atom is -0.444 e. The van der Waals surface area contributed by atoms with E-state index in [-0.39, 0.29) is 22.8 Å². The minimum atomic E-state index is -0.485. The zero-order valence-electron chi connectivity index (χ0n) is 21.1. The Labute approximate surface area is 198 Å². The maximum Gasteiger partial charge on any atom is 0.496 e. The van der Waals surface area contributed by atoms with Crippen LogP contribution in [0.2, 0.25) is 0 Å². The van der Waals surface area contributed by atoms with Gasteiger partial charge >= 0.3 is 13.2 Å². The molecule has 5 aliphatic rings. The SMILES string of the molecule is CC(C)(C)OC(=O)NC12CC3CC(C1)N(c1ccc(B4OC(C)(C)C(C)(C)O4)cn1)C(C3)C2. The third-order valence-corrected chi connectivity index (χ3v) is 8.26. The molecule has 2 aliphatic carbocycles. The number of aromatic nitrogens is 1. The van der Waals surface area contributed by atoms with Gasteiger partial charge < -0.3 is 24.3 Å². The lowest BCUT2D eigenvalue weighted by molar-refractivity contribution is 0.00578. The third kappa shape index (κ3) is 4.14. The second-order valence-electron chi connectivity index (χ2n) is 12.6. The standard InChI is InChI=1S/C25H38BN3O4/c1-22(2,3)31-21(30)28-25-12-16-10-18(13-25)29(19(11-16)14-25)20-9-8-17(15-27-20)26-32-23(4,5)24(6,7)33-26/h8-9,15-16,18-19H,10-14H2,1-7H3,(H,28,30). The normalized spacial score (nSPS) is 34.0. The molecule has 33 heavy (non-hydrogen) atoms. The van der Waals surface area contributed by atoms with Crippen molar-refractivity contribution >= 4 is 24.5 Å². The van der Waals surface area contributed by atoms with Gasteiger partial charge in [0.15, 0.2) is 0 Å². The first-order chi connectivity index (χ1) is 15.3. The van der Waals surface area contributed by atoms with Gasteiger partial charge in [-0.15, -0.1) is 0 Å². The van der Waals surface area contributed by atoms with E-state index in [4.69, 9.17) is 19.0 Å². The molecule has 0 aromatic carbocycles. The van der Waals surface area contributed by atoms with Crippen molar-refractivity contribution in [2.45, 2.75) is 115 Å². The van der Waals surface area contributed by atoms with E-state index in [0.29, 0.717) is 18.0 Å². The van der Waals surface area contributed by atoms with Gasteiger partial charge in [0.2, 0.25) is 0 Å². The summed E-state index contributed by atoms with van der Waals surface area (Å²) in [6.07, 6.45) is 6.88. The fourth-order valence-corrected chi connectivity index (χ4v) is 6.34. The molecule has 0 spiro atoms. The highest BCUT2D eigenvalue weighted by atomic mass is 16.7. The summed E-state index contributed by atoms with van der Waals surface area (Å²) in [5.74, 6) is 1.66. The Balaban J connectivity index is 1.30. The highest BCUT2D eigenvalue weighted by molar-refractivity contribution is 6.62. The number of hydrogen-bond acceptors (Lipinski definition) is 6. The van der Waals surface area contributed by atoms with Crippen LogP contribution in [-0.4, -0.2) is 52.6 Å². The van der Waals surface area contributed by atoms with Gasteiger partial charge in [0.25, 0.3) is 0 Å². The number of nitrogens with one attached hydrogen (secondary N) is 1. The lowest BCUT2D eigenvalue weighted by atomic mass is 9.59. The van der Waals surface area contributed by atoms with E-state index in [9.17, 15) is 4.79 Å². The Kier molecular flexibility index (Phi) is 5.12. The Morgan fingerprint density at radius 2 is 1.70 bits per heavy atom. The summed E-state index contributed by atoms with van der Waals surface area (Å²) in [6, 6.07) is 4.98. The number of alkyl carbamates (subject to hydrolysis) is 1. The number of carbonyl (C=O) groups excluding carboxylic acids is 1. The summed E-state index contributed by atoms with van der Waals surface area (Å²) < 4.78 is 18.0. The van der Waals surface area contributed by atoms with Gasteiger partial charge in [-0.2, -0.15) is 0 Å². The smallest absolute Gasteiger partial charge is 0.444 e. The van der Waals surface area contributed by atoms with Crippen molar-refractivity contribution in [3.8, 4) is 0 Å². The van der Waals surface area contributed by atoms with Crippen LogP contribution < -0.4 is 15.7 Å². The van der Waals surface area contributed by atoms with Crippen molar-refractivity contribution in [1.82, 2.24) is 10.3 Å². The summed E-state index contributed by atoms with van der Waals surface area (Å²) in [6.45, 7) is 14.0. The van der Waals surface area contributed by atoms with Crippen molar-refractivity contribution in [3.63, 3.8) is 0 Å². The Hall–Kier alpha value is -1.80. The molecule has 3 saturated heterocycles. The number of carbonyl (C=O) groups is 1. The Bertz CT molecular complexity index is 895. The van der Waals surface area contributed by atoms with Gasteiger partial charge in [0.1, 0.15) is 11.4 Å². The molecule has 0 radical (unpaired) electrons. The number of hydrogen-bond donors (Lipinski definition) is 1. The molecule has 4 bridgehead atoms. The highest BCUT2D eigenvalue weighted by Gasteiger charge is 2.56. The maximum atomic E-state index is 12.6. The van der Waals surface area contributed by atoms with Crippen LogP contribution in [0.15, 0.2) is 18.3 Å². The monoisotopic (exact) mass is 455 g/mol. The van der Waals surface area contributed by atoms with Crippen LogP contribution in [0.4, 0.5) is 10.6 Å². The maximum absolute atomic E-state index is 12.6. The lowest BCUT2D eigenvalue weighted by Crippen LogP contribution is -2.69. The fraction of sp³-hybridized carbons (Fsp3) is 0.760. The fourth-order valence-electron chi connectivity index (χ4n) is 6.34. The predicted octanol–water partition coefficient (Wildman–Crippen LogP) is 3.80. The van der Waals surface area contributed by atoms with Crippen LogP contribution in [0.3, 0.4) is 0 Å². The molecule has 4 heterocycles. The van der Waals surface area contributed by atoms with Gasteiger partial charge in [0.05, 0.1) is 11.2 Å². The lowest BCUT2D eigenvalue weighted by Gasteiger charge is -2.61. The van der Waals surface area contributed by atoms with Crippen molar-refractivity contribution in [1.29, 1.82) is 0 Å². The molecule has 5 fully saturated rings. The molecule has 1 aromatic rings. The van der Waals surface area contributed by atoms with E-state index in [1.165, 1.54) is 0 Å². The van der Waals surface area contributed by atoms with Crippen LogP contribution in [0.5, 0.6) is 0 Å². The van der Waals surface area contributed by atoms with Crippen LogP contribution in [0.1, 0.15) is 80.6 Å². The molecular weight excluding hydrogens is 417 g/mol. The largest absolute Gasteiger partial charge is 0.496 e. The molecule has 6 rings (SSSR count). The van der Waals surface area contributed by atoms with Crippen molar-refractivity contribution in [2.75, 3.05) is 4.90 Å². The third-order valence-electron chi connectivity index (χ3n) is 8.26. The average Bonchev–Trinajstić information content (AvgIpc) is 2.86. The summed E-state index contributed by atoms with van der Waals surface area (Å²) >= 11 is 0. The van der Waals surface area contributed by atoms with E-state index in [1.54, 1.807) is 0 Å². The molecule has 8 heteroatoms. The zero-order chi connectivity index (χ0) is 23.8. The van der Waals surface area contributed by atoms with E-state index < -0.39 is 12.7 Å². The molecule has 1 N–H and O–H groups in total. The first-order valence-electron chi connectivity index (χ1n) is 12.4. The summed E-state index contributed by atoms with van der Waals surface area (Å²) in [7, 11) is -0.397. The first-order valence-corrected chi connectivity index (χ1v) is 12.4. The second kappa shape index (κ2) is 7.35. The molecule has 7 nitrogen and oxygen atoms in total. The average molecular weight is 455 g/mol. The number of amides is 1. The molecule has 180 valence electrons. The van der Waals surface area contributed by atoms with E-state index in [1.807, 2.05) is 27.0 Å². The zero-order valence-corrected chi connectivity index (χ0v) is 21.1. The van der Waals surface area contributed by atoms with Gasteiger partial charge in [-0.25, -0.2) is 9.78 Å². The van der Waals surface area contributed by atoms with Crippen LogP contribution >= 0.6 is 0 Å². The number of pyridine rings is 1. The van der Waals surface area contributed by atoms with Crippen molar-refractivity contribution in [2.24, 2.45) is 5.92 Å². The van der Waals surface area contributed by atoms with Crippen molar-refractivity contribution in [3.05, 3.63) is 18.3 Å². The number of ether oxygens (including phenoxy) is 1. The Morgan fingerprint density at radius 3 is 2.21 bits per heavy atom. The van der Waals surface area contributed by atoms with E-state index in [2.05, 4.69) is 50.0 Å². The van der Waals surface area contributed by atoms with Gasteiger partial charge in [-0.3, -0.25) is 0 Å². The summed E-state index contributed by atoms with van der Waals surface area (Å²) in [5, 5.41) is 3.27. The number of rotatable bonds is 3. The van der Waals surface area contributed by atoms with Gasteiger partial charge in [-0.05, 0) is 92.6 Å². The Morgan fingerprint density at radius 1 is 1.09 bits per heavy atom. The van der Waals surface area contributed by atoms with E-state index >= 15 is 0 Å². The summed E-state index contributed by atoms with van der Waals surface area (Å²) in [4.78, 5) is 19.9. The molecule has 1 amide bonds. The highest BCUT2D eigenvalue weighted by Crippen LogP contribution is 2.52. The number of nitrogens with zero attached hydrogens (tertiary/aromatic N) is 2.